The highest BCUT2D eigenvalue weighted by atomic mass is 32.2. The zero-order valence-corrected chi connectivity index (χ0v) is 14.2. The van der Waals surface area contributed by atoms with E-state index in [1.807, 2.05) is 23.9 Å². The van der Waals surface area contributed by atoms with Gasteiger partial charge in [0.1, 0.15) is 0 Å². The molecule has 0 spiro atoms. The molecule has 0 saturated heterocycles. The smallest absolute Gasteiger partial charge is 0.261 e. The predicted octanol–water partition coefficient (Wildman–Crippen LogP) is 4.38. The number of carbonyl (C=O) groups is 2. The van der Waals surface area contributed by atoms with E-state index >= 15 is 0 Å². The number of amides is 2. The van der Waals surface area contributed by atoms with E-state index in [0.717, 1.165) is 12.8 Å². The molecule has 0 radical (unpaired) electrons. The number of benzene rings is 1. The molecule has 1 heterocycles. The number of nitrogens with zero attached hydrogens (tertiary/aromatic N) is 1. The van der Waals surface area contributed by atoms with Crippen molar-refractivity contribution in [3.63, 3.8) is 0 Å². The normalized spacial score (nSPS) is 13.8. The minimum absolute atomic E-state index is 0.128. The lowest BCUT2D eigenvalue weighted by Gasteiger charge is -2.13. The third-order valence-electron chi connectivity index (χ3n) is 3.90. The number of thioether (sulfide) groups is 1. The van der Waals surface area contributed by atoms with Crippen LogP contribution in [0.4, 0.5) is 0 Å². The Hall–Kier alpha value is -1.29. The number of unbranched alkanes of at least 4 members (excludes halogenated alkanes) is 4. The van der Waals surface area contributed by atoms with E-state index < -0.39 is 0 Å². The number of hydrogen-bond donors (Lipinski definition) is 0. The minimum Gasteiger partial charge on any atom is -0.274 e. The van der Waals surface area contributed by atoms with Crippen LogP contribution in [0.5, 0.6) is 0 Å². The van der Waals surface area contributed by atoms with Gasteiger partial charge in [-0.05, 0) is 42.9 Å². The summed E-state index contributed by atoms with van der Waals surface area (Å²) in [4.78, 5) is 25.8. The van der Waals surface area contributed by atoms with Crippen LogP contribution < -0.4 is 0 Å². The van der Waals surface area contributed by atoms with Gasteiger partial charge in [0, 0.05) is 6.54 Å². The molecule has 2 rings (SSSR count). The first-order valence-corrected chi connectivity index (χ1v) is 9.44. The Morgan fingerprint density at radius 2 is 1.45 bits per heavy atom. The van der Waals surface area contributed by atoms with Gasteiger partial charge in [-0.2, -0.15) is 11.8 Å². The zero-order chi connectivity index (χ0) is 15.8. The van der Waals surface area contributed by atoms with Crippen molar-refractivity contribution in [1.29, 1.82) is 0 Å². The van der Waals surface area contributed by atoms with Crippen molar-refractivity contribution in [3.8, 4) is 0 Å². The van der Waals surface area contributed by atoms with Crippen LogP contribution in [0.2, 0.25) is 0 Å². The topological polar surface area (TPSA) is 37.4 Å². The van der Waals surface area contributed by atoms with E-state index in [9.17, 15) is 9.59 Å². The van der Waals surface area contributed by atoms with Crippen molar-refractivity contribution in [2.75, 3.05) is 18.1 Å². The molecule has 4 heteroatoms. The highest BCUT2D eigenvalue weighted by Gasteiger charge is 2.34. The van der Waals surface area contributed by atoms with Gasteiger partial charge in [-0.1, -0.05) is 38.3 Å². The Morgan fingerprint density at radius 3 is 2.09 bits per heavy atom. The quantitative estimate of drug-likeness (QED) is 0.474. The SMILES string of the molecule is CCCSCCCCCCCN1C(=O)c2ccccc2C1=O. The molecule has 0 unspecified atom stereocenters. The van der Waals surface area contributed by atoms with Gasteiger partial charge in [0.25, 0.3) is 11.8 Å². The number of carbonyl (C=O) groups excluding carboxylic acids is 2. The summed E-state index contributed by atoms with van der Waals surface area (Å²) in [5, 5.41) is 0. The molecular formula is C18H25NO2S. The van der Waals surface area contributed by atoms with E-state index in [1.165, 1.54) is 42.1 Å². The van der Waals surface area contributed by atoms with Crippen LogP contribution >= 0.6 is 11.8 Å². The molecule has 0 aromatic heterocycles. The molecule has 0 aliphatic carbocycles. The van der Waals surface area contributed by atoms with Gasteiger partial charge in [-0.3, -0.25) is 14.5 Å². The van der Waals surface area contributed by atoms with Crippen molar-refractivity contribution < 1.29 is 9.59 Å². The Balaban J connectivity index is 1.63. The van der Waals surface area contributed by atoms with Gasteiger partial charge in [0.2, 0.25) is 0 Å². The second-order valence-electron chi connectivity index (χ2n) is 5.69. The van der Waals surface area contributed by atoms with Crippen molar-refractivity contribution in [3.05, 3.63) is 35.4 Å². The average Bonchev–Trinajstić information content (AvgIpc) is 2.78. The maximum absolute atomic E-state index is 12.2. The standard InChI is InChI=1S/C18H25NO2S/c1-2-13-22-14-9-5-3-4-8-12-19-17(20)15-10-6-7-11-16(15)18(19)21/h6-7,10-11H,2-5,8-9,12-14H2,1H3. The highest BCUT2D eigenvalue weighted by Crippen LogP contribution is 2.22. The Kier molecular flexibility index (Phi) is 6.97. The molecule has 120 valence electrons. The number of fused-ring (bicyclic) bond motifs is 1. The predicted molar refractivity (Wildman–Crippen MR) is 92.5 cm³/mol. The van der Waals surface area contributed by atoms with Gasteiger partial charge in [0.15, 0.2) is 0 Å². The van der Waals surface area contributed by atoms with Crippen molar-refractivity contribution in [2.24, 2.45) is 0 Å². The third-order valence-corrected chi connectivity index (χ3v) is 5.17. The molecule has 0 N–H and O–H groups in total. The van der Waals surface area contributed by atoms with Crippen LogP contribution in [-0.2, 0) is 0 Å². The lowest BCUT2D eigenvalue weighted by Crippen LogP contribution is -2.30. The molecule has 3 nitrogen and oxygen atoms in total. The molecule has 0 bridgehead atoms. The van der Waals surface area contributed by atoms with Crippen LogP contribution in [-0.4, -0.2) is 34.8 Å². The van der Waals surface area contributed by atoms with E-state index in [-0.39, 0.29) is 11.8 Å². The molecule has 22 heavy (non-hydrogen) atoms. The van der Waals surface area contributed by atoms with E-state index in [0.29, 0.717) is 17.7 Å². The van der Waals surface area contributed by atoms with Crippen LogP contribution in [0.25, 0.3) is 0 Å². The first kappa shape index (κ1) is 17.1. The number of imide groups is 1. The Labute approximate surface area is 137 Å². The molecule has 0 saturated carbocycles. The Morgan fingerprint density at radius 1 is 0.864 bits per heavy atom. The minimum atomic E-state index is -0.128. The summed E-state index contributed by atoms with van der Waals surface area (Å²) in [6.45, 7) is 2.77. The van der Waals surface area contributed by atoms with E-state index in [1.54, 1.807) is 12.1 Å². The Bertz CT molecular complexity index is 481. The largest absolute Gasteiger partial charge is 0.274 e. The number of hydrogen-bond acceptors (Lipinski definition) is 3. The van der Waals surface area contributed by atoms with Crippen molar-refractivity contribution >= 4 is 23.6 Å². The fourth-order valence-corrected chi connectivity index (χ4v) is 3.59. The summed E-state index contributed by atoms with van der Waals surface area (Å²) in [5.41, 5.74) is 1.11. The second kappa shape index (κ2) is 8.99. The molecule has 1 aromatic rings. The number of rotatable bonds is 10. The third kappa shape index (κ3) is 4.35. The van der Waals surface area contributed by atoms with E-state index in [4.69, 9.17) is 0 Å². The monoisotopic (exact) mass is 319 g/mol. The molecule has 2 amide bonds. The summed E-state index contributed by atoms with van der Waals surface area (Å²) in [7, 11) is 0. The van der Waals surface area contributed by atoms with Gasteiger partial charge >= 0.3 is 0 Å². The van der Waals surface area contributed by atoms with E-state index in [2.05, 4.69) is 6.92 Å². The van der Waals surface area contributed by atoms with Crippen LogP contribution in [0.1, 0.15) is 66.2 Å². The van der Waals surface area contributed by atoms with Crippen molar-refractivity contribution in [1.82, 2.24) is 4.90 Å². The fourth-order valence-electron chi connectivity index (χ4n) is 2.69. The maximum atomic E-state index is 12.2. The molecular weight excluding hydrogens is 294 g/mol. The molecule has 1 aromatic carbocycles. The second-order valence-corrected chi connectivity index (χ2v) is 6.91. The highest BCUT2D eigenvalue weighted by molar-refractivity contribution is 7.99. The van der Waals surface area contributed by atoms with Gasteiger partial charge in [-0.25, -0.2) is 0 Å². The molecule has 0 atom stereocenters. The summed E-state index contributed by atoms with van der Waals surface area (Å²) >= 11 is 2.03. The van der Waals surface area contributed by atoms with Crippen LogP contribution in [0.15, 0.2) is 24.3 Å². The summed E-state index contributed by atoms with van der Waals surface area (Å²) in [6, 6.07) is 7.10. The van der Waals surface area contributed by atoms with Crippen LogP contribution in [0, 0.1) is 0 Å². The first-order chi connectivity index (χ1) is 10.8. The van der Waals surface area contributed by atoms with Gasteiger partial charge < -0.3 is 0 Å². The maximum Gasteiger partial charge on any atom is 0.261 e. The molecule has 1 aliphatic heterocycles. The first-order valence-electron chi connectivity index (χ1n) is 8.28. The lowest BCUT2D eigenvalue weighted by molar-refractivity contribution is 0.0651. The fraction of sp³-hybridized carbons (Fsp3) is 0.556. The van der Waals surface area contributed by atoms with Crippen molar-refractivity contribution in [2.45, 2.75) is 45.4 Å². The molecule has 1 aliphatic rings. The van der Waals surface area contributed by atoms with Gasteiger partial charge in [-0.15, -0.1) is 0 Å². The average molecular weight is 319 g/mol. The summed E-state index contributed by atoms with van der Waals surface area (Å²) in [6.07, 6.45) is 6.97. The van der Waals surface area contributed by atoms with Crippen LogP contribution in [0.3, 0.4) is 0 Å². The molecule has 0 fully saturated rings. The summed E-state index contributed by atoms with van der Waals surface area (Å²) < 4.78 is 0. The zero-order valence-electron chi connectivity index (χ0n) is 13.3. The lowest BCUT2D eigenvalue weighted by atomic mass is 10.1. The summed E-state index contributed by atoms with van der Waals surface area (Å²) in [5.74, 6) is 2.26. The van der Waals surface area contributed by atoms with Gasteiger partial charge in [0.05, 0.1) is 11.1 Å².